The van der Waals surface area contributed by atoms with Crippen LogP contribution in [0.25, 0.3) is 0 Å². The molecule has 0 unspecified atom stereocenters. The molecule has 2 aliphatic rings. The Bertz CT molecular complexity index is 2260. The average molecular weight is 972 g/mol. The number of nitrogens with zero attached hydrogens (tertiary/aromatic N) is 6. The molecule has 0 radical (unpaired) electrons. The summed E-state index contributed by atoms with van der Waals surface area (Å²) in [6.07, 6.45) is 5.28. The number of rotatable bonds is 24. The van der Waals surface area contributed by atoms with Gasteiger partial charge in [0.15, 0.2) is 11.8 Å². The van der Waals surface area contributed by atoms with Crippen molar-refractivity contribution in [1.29, 1.82) is 0 Å². The number of H-pyrrole nitrogens is 1. The highest BCUT2D eigenvalue weighted by Crippen LogP contribution is 2.30. The summed E-state index contributed by atoms with van der Waals surface area (Å²) in [5.41, 5.74) is 8.69. The van der Waals surface area contributed by atoms with E-state index < -0.39 is 17.7 Å². The maximum atomic E-state index is 13.7. The van der Waals surface area contributed by atoms with Gasteiger partial charge in [-0.05, 0) is 108 Å². The zero-order chi connectivity index (χ0) is 50.4. The number of amides is 3. The quantitative estimate of drug-likeness (QED) is 0.0558. The van der Waals surface area contributed by atoms with Gasteiger partial charge in [-0.25, -0.2) is 9.78 Å². The Labute approximate surface area is 413 Å². The van der Waals surface area contributed by atoms with Crippen molar-refractivity contribution in [2.24, 2.45) is 5.41 Å². The first-order valence-corrected chi connectivity index (χ1v) is 24.5. The van der Waals surface area contributed by atoms with Crippen molar-refractivity contribution in [1.82, 2.24) is 40.2 Å². The second-order valence-electron chi connectivity index (χ2n) is 20.2. The number of methoxy groups -OCH3 is 2. The van der Waals surface area contributed by atoms with Crippen molar-refractivity contribution in [2.45, 2.75) is 110 Å². The van der Waals surface area contributed by atoms with Crippen molar-refractivity contribution in [3.63, 3.8) is 0 Å². The number of nitrogens with one attached hydrogen (secondary N) is 4. The van der Waals surface area contributed by atoms with Crippen molar-refractivity contribution < 1.29 is 38.1 Å². The fourth-order valence-electron chi connectivity index (χ4n) is 9.20. The molecule has 6 N–H and O–H groups in total. The van der Waals surface area contributed by atoms with E-state index in [0.717, 1.165) is 67.6 Å². The first-order chi connectivity index (χ1) is 33.4. The molecule has 6 rings (SSSR count). The Balaban J connectivity index is 0.853. The lowest BCUT2D eigenvalue weighted by Crippen LogP contribution is -2.57. The van der Waals surface area contributed by atoms with Gasteiger partial charge in [0.1, 0.15) is 23.1 Å². The number of aromatic nitrogens is 4. The molecule has 0 saturated carbocycles. The number of nitrogen functional groups attached to an aromatic ring is 1. The monoisotopic (exact) mass is 972 g/mol. The number of aromatic amines is 1. The van der Waals surface area contributed by atoms with E-state index in [-0.39, 0.29) is 23.3 Å². The zero-order valence-corrected chi connectivity index (χ0v) is 42.7. The van der Waals surface area contributed by atoms with Gasteiger partial charge in [0.05, 0.1) is 40.6 Å². The maximum absolute atomic E-state index is 13.7. The lowest BCUT2D eigenvalue weighted by molar-refractivity contribution is -0.124. The van der Waals surface area contributed by atoms with E-state index in [2.05, 4.69) is 73.5 Å². The van der Waals surface area contributed by atoms with Gasteiger partial charge in [0.25, 0.3) is 5.91 Å². The first kappa shape index (κ1) is 53.5. The van der Waals surface area contributed by atoms with Crippen LogP contribution in [0.15, 0.2) is 60.9 Å². The number of hydrogen-bond acceptors (Lipinski definition) is 14. The van der Waals surface area contributed by atoms with Gasteiger partial charge < -0.3 is 54.8 Å². The number of hydrogen-bond donors (Lipinski definition) is 5. The zero-order valence-electron chi connectivity index (χ0n) is 42.7. The predicted molar refractivity (Wildman–Crippen MR) is 271 cm³/mol. The van der Waals surface area contributed by atoms with Crippen LogP contribution in [-0.2, 0) is 38.4 Å². The van der Waals surface area contributed by atoms with Crippen LogP contribution in [0.2, 0.25) is 0 Å². The molecule has 2 aromatic carbocycles. The molecule has 384 valence electrons. The van der Waals surface area contributed by atoms with Crippen LogP contribution in [0.4, 0.5) is 22.2 Å². The fourth-order valence-corrected chi connectivity index (χ4v) is 9.20. The van der Waals surface area contributed by atoms with Gasteiger partial charge in [0.2, 0.25) is 5.91 Å². The lowest BCUT2D eigenvalue weighted by Gasteiger charge is -2.45. The Kier molecular flexibility index (Phi) is 18.9. The van der Waals surface area contributed by atoms with E-state index in [1.165, 1.54) is 0 Å². The summed E-state index contributed by atoms with van der Waals surface area (Å²) in [4.78, 5) is 50.8. The number of carbonyl (C=O) groups is 3. The molecule has 2 fully saturated rings. The summed E-state index contributed by atoms with van der Waals surface area (Å²) in [6.45, 7) is 21.7. The molecule has 2 aromatic heterocycles. The molecule has 2 saturated heterocycles. The van der Waals surface area contributed by atoms with Crippen molar-refractivity contribution in [3.8, 4) is 11.5 Å². The summed E-state index contributed by atoms with van der Waals surface area (Å²) in [5.74, 6) is 1.92. The average Bonchev–Trinajstić information content (AvgIpc) is 4.02. The smallest absolute Gasteiger partial charge is 0.408 e. The number of imidazole rings is 1. The van der Waals surface area contributed by atoms with Crippen molar-refractivity contribution in [3.05, 3.63) is 77.7 Å². The summed E-state index contributed by atoms with van der Waals surface area (Å²) < 4.78 is 30.1. The third kappa shape index (κ3) is 15.8. The third-order valence-electron chi connectivity index (χ3n) is 13.0. The number of carbonyl (C=O) groups excluding carboxylic acids is 3. The topological polar surface area (TPSA) is 216 Å². The van der Waals surface area contributed by atoms with Crippen LogP contribution in [-0.4, -0.2) is 157 Å². The molecule has 19 nitrogen and oxygen atoms in total. The van der Waals surface area contributed by atoms with E-state index in [1.54, 1.807) is 47.4 Å². The SMILES string of the molecule is COc1cc(CCc2cc(NC(=O)c3ccc(N4C[C@@H](C)N(CCOCCOCCN5C[C@H](NC(=O)[C@H](CCCn6ccnc6N)NC(=O)OC(C)(C)C)C(C)(C)C5)[C@@H](C)C4)cc3)n[nH]2)cc(OC)c1. The number of ether oxygens (including phenoxy) is 5. The Morgan fingerprint density at radius 2 is 1.56 bits per heavy atom. The number of likely N-dealkylation sites (tertiary alicyclic amines) is 1. The van der Waals surface area contributed by atoms with Crippen molar-refractivity contribution in [2.75, 3.05) is 95.9 Å². The molecule has 70 heavy (non-hydrogen) atoms. The number of nitrogens with two attached hydrogens (primary N) is 1. The highest BCUT2D eigenvalue weighted by Gasteiger charge is 2.41. The van der Waals surface area contributed by atoms with Gasteiger partial charge in [-0.15, -0.1) is 0 Å². The summed E-state index contributed by atoms with van der Waals surface area (Å²) in [6, 6.07) is 15.2. The standard InChI is InChI=1S/C51H77N11O8/c1-35-31-61(40-16-13-38(14-17-40)46(63)56-45-29-39(57-58-45)15-12-37-27-41(66-8)30-42(28-37)67-9)32-36(2)62(35)22-24-69-26-25-68-23-21-59-33-44(51(6,7)34-59)55-47(64)43(54-49(65)70-50(3,4)5)11-10-19-60-20-18-53-48(60)52/h13-14,16-18,20,27-30,35-36,43-44H,10-12,15,19,21-26,31-34H2,1-9H3,(H2,52,53)(H,54,65)(H,55,64)(H2,56,57,58,63)/t35-,36+,43-,44-/m0/s1. The Morgan fingerprint density at radius 1 is 0.886 bits per heavy atom. The van der Waals surface area contributed by atoms with Gasteiger partial charge in [0, 0.05) is 105 Å². The van der Waals surface area contributed by atoms with E-state index >= 15 is 0 Å². The molecule has 4 atom stereocenters. The van der Waals surface area contributed by atoms with Gasteiger partial charge in [-0.1, -0.05) is 13.8 Å². The molecular formula is C51H77N11O8. The van der Waals surface area contributed by atoms with Crippen LogP contribution < -0.4 is 36.1 Å². The van der Waals surface area contributed by atoms with E-state index in [1.807, 2.05) is 53.1 Å². The highest BCUT2D eigenvalue weighted by molar-refractivity contribution is 6.04. The minimum absolute atomic E-state index is 0.112. The molecule has 0 spiro atoms. The van der Waals surface area contributed by atoms with Gasteiger partial charge in [-0.3, -0.25) is 24.5 Å². The normalized spacial score (nSPS) is 18.9. The van der Waals surface area contributed by atoms with Crippen LogP contribution in [0, 0.1) is 5.41 Å². The Morgan fingerprint density at radius 3 is 2.19 bits per heavy atom. The van der Waals surface area contributed by atoms with Crippen LogP contribution >= 0.6 is 0 Å². The number of alkyl carbamates (subject to hydrolysis) is 1. The van der Waals surface area contributed by atoms with Crippen LogP contribution in [0.1, 0.15) is 82.9 Å². The molecule has 0 bridgehead atoms. The molecule has 4 heterocycles. The molecule has 19 heteroatoms. The fraction of sp³-hybridized carbons (Fsp3) is 0.588. The Hall–Kier alpha value is -5.89. The molecular weight excluding hydrogens is 895 g/mol. The van der Waals surface area contributed by atoms with Crippen molar-refractivity contribution >= 4 is 35.4 Å². The lowest BCUT2D eigenvalue weighted by atomic mass is 9.87. The van der Waals surface area contributed by atoms with E-state index in [4.69, 9.17) is 29.4 Å². The first-order valence-electron chi connectivity index (χ1n) is 24.5. The van der Waals surface area contributed by atoms with E-state index in [0.29, 0.717) is 88.2 Å². The summed E-state index contributed by atoms with van der Waals surface area (Å²) in [5, 5.41) is 16.3. The largest absolute Gasteiger partial charge is 0.497 e. The van der Waals surface area contributed by atoms with Gasteiger partial charge >= 0.3 is 6.09 Å². The summed E-state index contributed by atoms with van der Waals surface area (Å²) in [7, 11) is 3.27. The second-order valence-corrected chi connectivity index (χ2v) is 20.2. The minimum Gasteiger partial charge on any atom is -0.497 e. The molecule has 0 aliphatic carbocycles. The molecule has 4 aromatic rings. The number of anilines is 3. The third-order valence-corrected chi connectivity index (χ3v) is 13.0. The molecule has 3 amide bonds. The van der Waals surface area contributed by atoms with Crippen LogP contribution in [0.5, 0.6) is 11.5 Å². The van der Waals surface area contributed by atoms with Gasteiger partial charge in [-0.2, -0.15) is 5.10 Å². The number of piperazine rings is 1. The van der Waals surface area contributed by atoms with Crippen LogP contribution in [0.3, 0.4) is 0 Å². The maximum Gasteiger partial charge on any atom is 0.408 e. The highest BCUT2D eigenvalue weighted by atomic mass is 16.6. The second kappa shape index (κ2) is 24.8. The minimum atomic E-state index is -0.769. The predicted octanol–water partition coefficient (Wildman–Crippen LogP) is 5.38. The number of benzene rings is 2. The van der Waals surface area contributed by atoms with E-state index in [9.17, 15) is 14.4 Å². The number of aryl methyl sites for hydroxylation is 3. The summed E-state index contributed by atoms with van der Waals surface area (Å²) >= 11 is 0. The molecule has 2 aliphatic heterocycles.